The monoisotopic (exact) mass is 575 g/mol. The fourth-order valence-corrected chi connectivity index (χ4v) is 3.94. The van der Waals surface area contributed by atoms with Crippen LogP contribution in [0.5, 0.6) is 11.5 Å². The summed E-state index contributed by atoms with van der Waals surface area (Å²) < 4.78 is 56.0. The smallest absolute Gasteiger partial charge is 0.497 e. The van der Waals surface area contributed by atoms with Crippen LogP contribution >= 0.6 is 0 Å². The third kappa shape index (κ3) is 8.95. The zero-order valence-electron chi connectivity index (χ0n) is 22.7. The minimum absolute atomic E-state index is 0.431. The maximum absolute atomic E-state index is 12.2. The summed E-state index contributed by atoms with van der Waals surface area (Å²) in [6.07, 6.45) is 3.15. The van der Waals surface area contributed by atoms with E-state index < -0.39 is 13.2 Å². The molecule has 0 spiro atoms. The lowest BCUT2D eigenvalue weighted by atomic mass is 10.1. The van der Waals surface area contributed by atoms with Crippen LogP contribution in [0.4, 0.5) is 23.0 Å². The van der Waals surface area contributed by atoms with Gasteiger partial charge in [-0.25, -0.2) is 9.79 Å². The van der Waals surface area contributed by atoms with E-state index in [1.807, 2.05) is 84.9 Å². The number of rotatable bonds is 6. The molecule has 0 fully saturated rings. The number of carbonyl (C=O) groups excluding carboxylic acids is 1. The Labute approximate surface area is 239 Å². The number of hydrogen-bond acceptors (Lipinski definition) is 4. The molecule has 10 heteroatoms. The molecule has 5 nitrogen and oxygen atoms in total. The summed E-state index contributed by atoms with van der Waals surface area (Å²) in [5, 5.41) is 1.88. The molecule has 5 aromatic rings. The van der Waals surface area contributed by atoms with Gasteiger partial charge in [0.2, 0.25) is 11.0 Å². The Morgan fingerprint density at radius 3 is 2.12 bits per heavy atom. The first-order chi connectivity index (χ1) is 20.1. The van der Waals surface area contributed by atoms with E-state index in [1.54, 1.807) is 25.3 Å². The van der Waals surface area contributed by atoms with Gasteiger partial charge in [-0.1, -0.05) is 42.0 Å². The minimum atomic E-state index is -6.00. The van der Waals surface area contributed by atoms with Crippen molar-refractivity contribution in [2.24, 2.45) is 0 Å². The number of aryl methyl sites for hydroxylation is 1. The van der Waals surface area contributed by atoms with Crippen molar-refractivity contribution in [3.63, 3.8) is 0 Å². The first kappa shape index (κ1) is 29.9. The molecule has 0 amide bonds. The number of methoxy groups -OCH3 is 1. The molecule has 1 aromatic heterocycles. The van der Waals surface area contributed by atoms with Crippen LogP contribution < -0.4 is 19.8 Å². The van der Waals surface area contributed by atoms with Gasteiger partial charge >= 0.3 is 13.2 Å². The quantitative estimate of drug-likeness (QED) is 0.0810. The van der Waals surface area contributed by atoms with Crippen LogP contribution in [0.15, 0.2) is 114 Å². The largest absolute Gasteiger partial charge is 0.673 e. The Bertz CT molecular complexity index is 1740. The predicted molar refractivity (Wildman–Crippen MR) is 154 cm³/mol. The number of benzene rings is 4. The molecule has 0 aliphatic carbocycles. The highest BCUT2D eigenvalue weighted by Crippen LogP contribution is 2.24. The van der Waals surface area contributed by atoms with Crippen LogP contribution in [0.25, 0.3) is 28.4 Å². The van der Waals surface area contributed by atoms with Crippen molar-refractivity contribution >= 4 is 36.0 Å². The first-order valence-corrected chi connectivity index (χ1v) is 12.8. The second-order valence-electron chi connectivity index (χ2n) is 9.06. The molecule has 214 valence electrons. The zero-order valence-corrected chi connectivity index (χ0v) is 22.7. The summed E-state index contributed by atoms with van der Waals surface area (Å²) >= 11 is 0. The number of esters is 1. The maximum Gasteiger partial charge on any atom is 0.673 e. The lowest BCUT2D eigenvalue weighted by Crippen LogP contribution is -2.70. The Kier molecular flexibility index (Phi) is 9.59. The molecule has 0 saturated carbocycles. The minimum Gasteiger partial charge on any atom is -0.497 e. The molecule has 0 unspecified atom stereocenters. The van der Waals surface area contributed by atoms with Crippen molar-refractivity contribution in [1.29, 1.82) is 0 Å². The predicted octanol–water partition coefficient (Wildman–Crippen LogP) is 6.65. The molecule has 0 atom stereocenters. The molecule has 0 bridgehead atoms. The van der Waals surface area contributed by atoms with Crippen molar-refractivity contribution in [3.8, 4) is 22.8 Å². The topological polar surface area (TPSA) is 62.6 Å². The van der Waals surface area contributed by atoms with Gasteiger partial charge in [0.1, 0.15) is 22.8 Å². The zero-order chi connectivity index (χ0) is 30.1. The van der Waals surface area contributed by atoms with Gasteiger partial charge in [-0.3, -0.25) is 0 Å². The van der Waals surface area contributed by atoms with E-state index in [0.29, 0.717) is 5.75 Å². The van der Waals surface area contributed by atoms with Crippen LogP contribution in [0.3, 0.4) is 0 Å². The highest BCUT2D eigenvalue weighted by Gasteiger charge is 2.20. The van der Waals surface area contributed by atoms with Gasteiger partial charge in [0.25, 0.3) is 0 Å². The number of nitrogens with one attached hydrogen (secondary N) is 1. The van der Waals surface area contributed by atoms with Gasteiger partial charge in [-0.15, -0.1) is 0 Å². The lowest BCUT2D eigenvalue weighted by molar-refractivity contribution is -0.400. The molecule has 0 radical (unpaired) electrons. The Morgan fingerprint density at radius 1 is 0.833 bits per heavy atom. The molecular weight excluding hydrogens is 549 g/mol. The van der Waals surface area contributed by atoms with Crippen LogP contribution in [-0.2, 0) is 4.79 Å². The van der Waals surface area contributed by atoms with Gasteiger partial charge in [0, 0.05) is 23.8 Å². The van der Waals surface area contributed by atoms with Gasteiger partial charge in [-0.05, 0) is 67.1 Å². The van der Waals surface area contributed by atoms with Crippen LogP contribution in [0.2, 0.25) is 0 Å². The van der Waals surface area contributed by atoms with Crippen molar-refractivity contribution in [1.82, 2.24) is 0 Å². The fraction of sp³-hybridized carbons (Fsp3) is 0.0625. The van der Waals surface area contributed by atoms with E-state index >= 15 is 0 Å². The molecule has 0 aliphatic heterocycles. The van der Waals surface area contributed by atoms with Crippen LogP contribution in [0, 0.1) is 6.92 Å². The summed E-state index contributed by atoms with van der Waals surface area (Å²) in [6.45, 7) is 2.05. The van der Waals surface area contributed by atoms with Crippen molar-refractivity contribution in [2.45, 2.75) is 6.92 Å². The van der Waals surface area contributed by atoms with Crippen LogP contribution in [0.1, 0.15) is 11.1 Å². The normalized spacial score (nSPS) is 11.7. The average Bonchev–Trinajstić information content (AvgIpc) is 2.97. The van der Waals surface area contributed by atoms with E-state index in [0.717, 1.165) is 50.2 Å². The highest BCUT2D eigenvalue weighted by atomic mass is 19.5. The van der Waals surface area contributed by atoms with E-state index in [1.165, 1.54) is 6.08 Å². The van der Waals surface area contributed by atoms with E-state index in [-0.39, 0.29) is 0 Å². The third-order valence-corrected chi connectivity index (χ3v) is 5.86. The Hall–Kier alpha value is -5.12. The summed E-state index contributed by atoms with van der Waals surface area (Å²) in [7, 11) is -4.35. The Balaban J connectivity index is 0.000000748. The molecule has 0 saturated heterocycles. The number of halogens is 4. The second-order valence-corrected chi connectivity index (χ2v) is 9.06. The van der Waals surface area contributed by atoms with Gasteiger partial charge < -0.3 is 31.2 Å². The lowest BCUT2D eigenvalue weighted by Gasteiger charge is -2.05. The number of fused-ring (bicyclic) bond motifs is 1. The summed E-state index contributed by atoms with van der Waals surface area (Å²) in [6, 6.07) is 32.7. The molecule has 1 heterocycles. The van der Waals surface area contributed by atoms with Gasteiger partial charge in [0.05, 0.1) is 18.6 Å². The summed E-state index contributed by atoms with van der Waals surface area (Å²) in [5.41, 5.74) is 4.64. The molecular formula is C32H26BF4NO4. The molecule has 0 aliphatic rings. The first-order valence-electron chi connectivity index (χ1n) is 12.8. The van der Waals surface area contributed by atoms with Crippen molar-refractivity contribution < 1.29 is 40.9 Å². The summed E-state index contributed by atoms with van der Waals surface area (Å²) in [5.74, 6) is 1.56. The molecule has 42 heavy (non-hydrogen) atoms. The third-order valence-electron chi connectivity index (χ3n) is 5.86. The average molecular weight is 575 g/mol. The van der Waals surface area contributed by atoms with Gasteiger partial charge in [0.15, 0.2) is 0 Å². The fourth-order valence-electron chi connectivity index (χ4n) is 3.94. The van der Waals surface area contributed by atoms with Crippen molar-refractivity contribution in [3.05, 3.63) is 126 Å². The van der Waals surface area contributed by atoms with E-state index in [4.69, 9.17) is 13.9 Å². The number of carbonyl (C=O) groups is 1. The van der Waals surface area contributed by atoms with E-state index in [9.17, 15) is 22.1 Å². The number of hydrogen-bond donors (Lipinski definition) is 1. The molecule has 5 rings (SSSR count). The van der Waals surface area contributed by atoms with E-state index in [2.05, 4.69) is 18.0 Å². The Morgan fingerprint density at radius 2 is 1.48 bits per heavy atom. The standard InChI is InChI=1S/C32H25NO4.BF4/c1-22-8-18-30-28(20-22)29(21-31(37-30)24-10-14-26(35-2)15-11-24)33-25-12-16-27(17-13-25)36-32(34)19-9-23-6-4-3-5-7-23;2-1(3,4)5/h3-21H,1-2H3;/q;-1/p+1/b19-9+,33-29?;. The SMILES string of the molecule is COc1ccc(-c2cc(=[NH+]c3ccc(OC(=O)/C=C/c4ccccc4)cc3)c3cc(C)ccc3o2)cc1.F[B-](F)(F)F. The van der Waals surface area contributed by atoms with Crippen LogP contribution in [-0.4, -0.2) is 20.3 Å². The molecule has 4 aromatic carbocycles. The van der Waals surface area contributed by atoms with Crippen molar-refractivity contribution in [2.75, 3.05) is 7.11 Å². The number of ether oxygens (including phenoxy) is 2. The summed E-state index contributed by atoms with van der Waals surface area (Å²) in [4.78, 5) is 15.7. The van der Waals surface area contributed by atoms with Gasteiger partial charge in [-0.2, -0.15) is 0 Å². The maximum atomic E-state index is 12.2. The second kappa shape index (κ2) is 13.5. The highest BCUT2D eigenvalue weighted by molar-refractivity contribution is 6.50. The molecule has 1 N–H and O–H groups in total.